The van der Waals surface area contributed by atoms with Gasteiger partial charge in [0.25, 0.3) is 0 Å². The van der Waals surface area contributed by atoms with Crippen molar-refractivity contribution in [3.05, 3.63) is 53.1 Å². The van der Waals surface area contributed by atoms with Crippen molar-refractivity contribution in [1.29, 1.82) is 0 Å². The number of para-hydroxylation sites is 2. The molecule has 0 aliphatic carbocycles. The Morgan fingerprint density at radius 1 is 1.16 bits per heavy atom. The van der Waals surface area contributed by atoms with Crippen LogP contribution in [0.5, 0.6) is 11.5 Å². The predicted molar refractivity (Wildman–Crippen MR) is 95.3 cm³/mol. The fraction of sp³-hybridized carbons (Fsp3) is 0.263. The minimum Gasteiger partial charge on any atom is -0.493 e. The molecule has 0 aromatic heterocycles. The SMILES string of the molecule is COc1ccccc1OC(=O)[C@@H]1CC(=O)N(c2cccc(Cl)c2C)C1. The van der Waals surface area contributed by atoms with Gasteiger partial charge in [0.1, 0.15) is 0 Å². The molecule has 1 aliphatic rings. The van der Waals surface area contributed by atoms with Crippen molar-refractivity contribution < 1.29 is 19.1 Å². The summed E-state index contributed by atoms with van der Waals surface area (Å²) in [7, 11) is 1.51. The van der Waals surface area contributed by atoms with E-state index in [0.29, 0.717) is 16.5 Å². The van der Waals surface area contributed by atoms with Gasteiger partial charge in [-0.25, -0.2) is 0 Å². The van der Waals surface area contributed by atoms with Crippen LogP contribution < -0.4 is 14.4 Å². The second kappa shape index (κ2) is 7.15. The molecule has 5 nitrogen and oxygen atoms in total. The standard InChI is InChI=1S/C19H18ClNO4/c1-12-14(20)6-5-7-15(12)21-11-13(10-18(21)22)19(23)25-17-9-4-3-8-16(17)24-2/h3-9,13H,10-11H2,1-2H3/t13-/m1/s1. The third kappa shape index (κ3) is 3.46. The van der Waals surface area contributed by atoms with Gasteiger partial charge in [0.15, 0.2) is 11.5 Å². The van der Waals surface area contributed by atoms with Gasteiger partial charge in [0, 0.05) is 23.7 Å². The van der Waals surface area contributed by atoms with Gasteiger partial charge in [-0.3, -0.25) is 9.59 Å². The van der Waals surface area contributed by atoms with Crippen LogP contribution in [0.2, 0.25) is 5.02 Å². The summed E-state index contributed by atoms with van der Waals surface area (Å²) in [5.41, 5.74) is 1.54. The molecule has 25 heavy (non-hydrogen) atoms. The van der Waals surface area contributed by atoms with Gasteiger partial charge in [-0.15, -0.1) is 0 Å². The Hall–Kier alpha value is -2.53. The largest absolute Gasteiger partial charge is 0.493 e. The molecule has 1 amide bonds. The van der Waals surface area contributed by atoms with Crippen molar-refractivity contribution >= 4 is 29.2 Å². The normalized spacial score (nSPS) is 16.8. The van der Waals surface area contributed by atoms with Crippen LogP contribution in [0, 0.1) is 12.8 Å². The Morgan fingerprint density at radius 3 is 2.60 bits per heavy atom. The second-order valence-electron chi connectivity index (χ2n) is 5.86. The summed E-state index contributed by atoms with van der Waals surface area (Å²) in [5.74, 6) is -0.272. The van der Waals surface area contributed by atoms with Crippen LogP contribution in [-0.4, -0.2) is 25.5 Å². The Balaban J connectivity index is 1.76. The lowest BCUT2D eigenvalue weighted by Crippen LogP contribution is -2.28. The van der Waals surface area contributed by atoms with Gasteiger partial charge in [-0.05, 0) is 36.8 Å². The predicted octanol–water partition coefficient (Wildman–Crippen LogP) is 3.62. The van der Waals surface area contributed by atoms with E-state index in [9.17, 15) is 9.59 Å². The van der Waals surface area contributed by atoms with Gasteiger partial charge in [-0.2, -0.15) is 0 Å². The first-order valence-corrected chi connectivity index (χ1v) is 8.29. The molecule has 1 aliphatic heterocycles. The summed E-state index contributed by atoms with van der Waals surface area (Å²) < 4.78 is 10.6. The lowest BCUT2D eigenvalue weighted by Gasteiger charge is -2.19. The number of halogens is 1. The molecule has 130 valence electrons. The second-order valence-corrected chi connectivity index (χ2v) is 6.27. The Bertz CT molecular complexity index is 821. The molecule has 2 aromatic carbocycles. The topological polar surface area (TPSA) is 55.8 Å². The lowest BCUT2D eigenvalue weighted by molar-refractivity contribution is -0.139. The van der Waals surface area contributed by atoms with E-state index < -0.39 is 11.9 Å². The number of nitrogens with zero attached hydrogens (tertiary/aromatic N) is 1. The number of hydrogen-bond acceptors (Lipinski definition) is 4. The quantitative estimate of drug-likeness (QED) is 0.618. The molecular formula is C19H18ClNO4. The molecule has 6 heteroatoms. The zero-order valence-electron chi connectivity index (χ0n) is 14.0. The Kier molecular flexibility index (Phi) is 4.95. The van der Waals surface area contributed by atoms with E-state index in [-0.39, 0.29) is 18.9 Å². The van der Waals surface area contributed by atoms with Crippen LogP contribution in [0.1, 0.15) is 12.0 Å². The molecule has 0 N–H and O–H groups in total. The van der Waals surface area contributed by atoms with Crippen molar-refractivity contribution in [2.24, 2.45) is 5.92 Å². The number of carbonyl (C=O) groups is 2. The zero-order valence-corrected chi connectivity index (χ0v) is 14.7. The van der Waals surface area contributed by atoms with E-state index in [0.717, 1.165) is 11.3 Å². The highest BCUT2D eigenvalue weighted by Gasteiger charge is 2.37. The number of carbonyl (C=O) groups excluding carboxylic acids is 2. The molecule has 0 radical (unpaired) electrons. The van der Waals surface area contributed by atoms with Crippen LogP contribution in [-0.2, 0) is 9.59 Å². The van der Waals surface area contributed by atoms with E-state index in [1.807, 2.05) is 13.0 Å². The molecule has 1 saturated heterocycles. The molecule has 2 aromatic rings. The van der Waals surface area contributed by atoms with Gasteiger partial charge in [-0.1, -0.05) is 29.8 Å². The van der Waals surface area contributed by atoms with Gasteiger partial charge < -0.3 is 14.4 Å². The van der Waals surface area contributed by atoms with E-state index in [4.69, 9.17) is 21.1 Å². The molecule has 0 spiro atoms. The smallest absolute Gasteiger partial charge is 0.316 e. The van der Waals surface area contributed by atoms with E-state index in [1.165, 1.54) is 7.11 Å². The average molecular weight is 360 g/mol. The monoisotopic (exact) mass is 359 g/mol. The van der Waals surface area contributed by atoms with Crippen LogP contribution >= 0.6 is 11.6 Å². The Labute approximate surface area is 151 Å². The maximum atomic E-state index is 12.5. The zero-order chi connectivity index (χ0) is 18.0. The van der Waals surface area contributed by atoms with Gasteiger partial charge in [0.2, 0.25) is 5.91 Å². The maximum absolute atomic E-state index is 12.5. The van der Waals surface area contributed by atoms with Crippen LogP contribution in [0.4, 0.5) is 5.69 Å². The minimum atomic E-state index is -0.532. The summed E-state index contributed by atoms with van der Waals surface area (Å²) >= 11 is 6.14. The number of amides is 1. The number of ether oxygens (including phenoxy) is 2. The summed E-state index contributed by atoms with van der Waals surface area (Å²) in [6.45, 7) is 2.12. The van der Waals surface area contributed by atoms with Crippen molar-refractivity contribution in [2.45, 2.75) is 13.3 Å². The first-order valence-electron chi connectivity index (χ1n) is 7.91. The molecule has 0 bridgehead atoms. The first-order chi connectivity index (χ1) is 12.0. The van der Waals surface area contributed by atoms with Gasteiger partial charge in [0.05, 0.1) is 13.0 Å². The molecule has 0 unspecified atom stereocenters. The number of rotatable bonds is 4. The molecule has 3 rings (SSSR count). The van der Waals surface area contributed by atoms with Crippen LogP contribution in [0.15, 0.2) is 42.5 Å². The molecule has 1 fully saturated rings. The highest BCUT2D eigenvalue weighted by Crippen LogP contribution is 2.33. The number of esters is 1. The van der Waals surface area contributed by atoms with Crippen LogP contribution in [0.25, 0.3) is 0 Å². The summed E-state index contributed by atoms with van der Waals surface area (Å²) in [6, 6.07) is 12.3. The molecule has 1 atom stereocenters. The highest BCUT2D eigenvalue weighted by atomic mass is 35.5. The number of anilines is 1. The molecular weight excluding hydrogens is 342 g/mol. The minimum absolute atomic E-state index is 0.111. The number of methoxy groups -OCH3 is 1. The maximum Gasteiger partial charge on any atom is 0.316 e. The fourth-order valence-electron chi connectivity index (χ4n) is 2.88. The van der Waals surface area contributed by atoms with E-state index in [2.05, 4.69) is 0 Å². The number of benzene rings is 2. The fourth-order valence-corrected chi connectivity index (χ4v) is 3.05. The average Bonchev–Trinajstić information content (AvgIpc) is 2.99. The van der Waals surface area contributed by atoms with Crippen LogP contribution in [0.3, 0.4) is 0 Å². The van der Waals surface area contributed by atoms with Crippen molar-refractivity contribution in [3.8, 4) is 11.5 Å². The number of hydrogen-bond donors (Lipinski definition) is 0. The first kappa shape index (κ1) is 17.3. The summed E-state index contributed by atoms with van der Waals surface area (Å²) in [4.78, 5) is 26.4. The third-order valence-electron chi connectivity index (χ3n) is 4.27. The Morgan fingerprint density at radius 2 is 1.88 bits per heavy atom. The van der Waals surface area contributed by atoms with Crippen molar-refractivity contribution in [1.82, 2.24) is 0 Å². The van der Waals surface area contributed by atoms with Gasteiger partial charge >= 0.3 is 5.97 Å². The lowest BCUT2D eigenvalue weighted by atomic mass is 10.1. The summed E-state index contributed by atoms with van der Waals surface area (Å²) in [5, 5.41) is 0.588. The summed E-state index contributed by atoms with van der Waals surface area (Å²) in [6.07, 6.45) is 0.111. The third-order valence-corrected chi connectivity index (χ3v) is 4.68. The van der Waals surface area contributed by atoms with Crippen molar-refractivity contribution in [3.63, 3.8) is 0 Å². The van der Waals surface area contributed by atoms with E-state index in [1.54, 1.807) is 41.3 Å². The molecule has 0 saturated carbocycles. The van der Waals surface area contributed by atoms with Crippen molar-refractivity contribution in [2.75, 3.05) is 18.6 Å². The van der Waals surface area contributed by atoms with E-state index >= 15 is 0 Å². The highest BCUT2D eigenvalue weighted by molar-refractivity contribution is 6.31. The molecule has 1 heterocycles.